The maximum atomic E-state index is 10.9. The van der Waals surface area contributed by atoms with Crippen molar-refractivity contribution < 1.29 is 4.92 Å². The van der Waals surface area contributed by atoms with E-state index in [0.717, 1.165) is 5.56 Å². The zero-order valence-corrected chi connectivity index (χ0v) is 8.75. The fraction of sp³-hybridized carbons (Fsp3) is 0.0833. The summed E-state index contributed by atoms with van der Waals surface area (Å²) in [6.07, 6.45) is 0. The minimum atomic E-state index is -0.449. The molecule has 2 aromatic rings. The van der Waals surface area contributed by atoms with Gasteiger partial charge in [0.1, 0.15) is 5.69 Å². The van der Waals surface area contributed by atoms with Crippen molar-refractivity contribution in [1.82, 2.24) is 4.98 Å². The third-order valence-corrected chi connectivity index (χ3v) is 2.27. The van der Waals surface area contributed by atoms with Gasteiger partial charge in [-0.1, -0.05) is 30.3 Å². The summed E-state index contributed by atoms with van der Waals surface area (Å²) < 4.78 is 0. The Morgan fingerprint density at radius 3 is 2.44 bits per heavy atom. The molecule has 2 rings (SSSR count). The molecule has 0 bridgehead atoms. The summed E-state index contributed by atoms with van der Waals surface area (Å²) in [5.74, 6) is -0.0915. The molecule has 1 aromatic heterocycles. The van der Waals surface area contributed by atoms with Crippen molar-refractivity contribution in [3.05, 3.63) is 58.3 Å². The average molecular weight is 214 g/mol. The first-order valence-corrected chi connectivity index (χ1v) is 4.86. The van der Waals surface area contributed by atoms with Crippen molar-refractivity contribution in [2.75, 3.05) is 0 Å². The zero-order valence-electron chi connectivity index (χ0n) is 8.75. The molecule has 0 fully saturated rings. The van der Waals surface area contributed by atoms with Crippen LogP contribution in [-0.4, -0.2) is 9.91 Å². The van der Waals surface area contributed by atoms with Gasteiger partial charge in [-0.15, -0.1) is 0 Å². The van der Waals surface area contributed by atoms with Crippen LogP contribution >= 0.6 is 0 Å². The van der Waals surface area contributed by atoms with Gasteiger partial charge in [0.05, 0.1) is 5.56 Å². The van der Waals surface area contributed by atoms with E-state index < -0.39 is 4.92 Å². The normalized spacial score (nSPS) is 10.1. The molecular weight excluding hydrogens is 204 g/mol. The van der Waals surface area contributed by atoms with Gasteiger partial charge in [-0.2, -0.15) is 0 Å². The molecule has 4 nitrogen and oxygen atoms in total. The highest BCUT2D eigenvalue weighted by molar-refractivity contribution is 5.71. The summed E-state index contributed by atoms with van der Waals surface area (Å²) in [5, 5.41) is 10.9. The van der Waals surface area contributed by atoms with E-state index in [9.17, 15) is 10.1 Å². The van der Waals surface area contributed by atoms with Crippen LogP contribution in [0, 0.1) is 17.0 Å². The Balaban J connectivity index is 2.61. The number of pyridine rings is 1. The van der Waals surface area contributed by atoms with Crippen LogP contribution in [0.15, 0.2) is 42.5 Å². The fourth-order valence-electron chi connectivity index (χ4n) is 1.53. The second-order valence-corrected chi connectivity index (χ2v) is 3.45. The SMILES string of the molecule is Cc1ccc(-c2ccccc2)c([N+](=O)[O-])n1. The van der Waals surface area contributed by atoms with E-state index in [4.69, 9.17) is 0 Å². The quantitative estimate of drug-likeness (QED) is 0.570. The van der Waals surface area contributed by atoms with Crippen molar-refractivity contribution in [2.24, 2.45) is 0 Å². The minimum Gasteiger partial charge on any atom is -0.358 e. The first-order valence-electron chi connectivity index (χ1n) is 4.86. The fourth-order valence-corrected chi connectivity index (χ4v) is 1.53. The second kappa shape index (κ2) is 4.10. The van der Waals surface area contributed by atoms with Crippen molar-refractivity contribution in [2.45, 2.75) is 6.92 Å². The maximum absolute atomic E-state index is 10.9. The van der Waals surface area contributed by atoms with Crippen molar-refractivity contribution in [3.8, 4) is 11.1 Å². The van der Waals surface area contributed by atoms with Crippen molar-refractivity contribution in [1.29, 1.82) is 0 Å². The van der Waals surface area contributed by atoms with Crippen LogP contribution in [0.5, 0.6) is 0 Å². The number of rotatable bonds is 2. The highest BCUT2D eigenvalue weighted by Crippen LogP contribution is 2.27. The predicted octanol–water partition coefficient (Wildman–Crippen LogP) is 2.97. The van der Waals surface area contributed by atoms with E-state index in [2.05, 4.69) is 4.98 Å². The number of aryl methyl sites for hydroxylation is 1. The van der Waals surface area contributed by atoms with Crippen LogP contribution in [0.1, 0.15) is 5.69 Å². The van der Waals surface area contributed by atoms with E-state index in [1.165, 1.54) is 0 Å². The largest absolute Gasteiger partial charge is 0.371 e. The summed E-state index contributed by atoms with van der Waals surface area (Å²) in [4.78, 5) is 14.4. The molecule has 0 saturated carbocycles. The topological polar surface area (TPSA) is 56.0 Å². The molecule has 0 saturated heterocycles. The molecule has 1 heterocycles. The van der Waals surface area contributed by atoms with Gasteiger partial charge >= 0.3 is 5.82 Å². The van der Waals surface area contributed by atoms with Gasteiger partial charge in [-0.25, -0.2) is 0 Å². The number of benzene rings is 1. The number of aromatic nitrogens is 1. The Kier molecular flexibility index (Phi) is 2.64. The van der Waals surface area contributed by atoms with E-state index in [0.29, 0.717) is 11.3 Å². The molecule has 0 aliphatic rings. The Bertz CT molecular complexity index is 524. The average Bonchev–Trinajstić information content (AvgIpc) is 2.30. The molecule has 0 N–H and O–H groups in total. The van der Waals surface area contributed by atoms with Gasteiger partial charge in [0, 0.05) is 6.92 Å². The van der Waals surface area contributed by atoms with Gasteiger partial charge in [-0.3, -0.25) is 0 Å². The molecule has 4 heteroatoms. The lowest BCUT2D eigenvalue weighted by molar-refractivity contribution is -0.388. The number of nitro groups is 1. The molecule has 1 aromatic carbocycles. The lowest BCUT2D eigenvalue weighted by Crippen LogP contribution is -1.96. The number of hydrogen-bond donors (Lipinski definition) is 0. The molecule has 0 aliphatic heterocycles. The summed E-state index contributed by atoms with van der Waals surface area (Å²) in [6, 6.07) is 12.7. The van der Waals surface area contributed by atoms with Crippen LogP contribution in [0.3, 0.4) is 0 Å². The molecule has 0 unspecified atom stereocenters. The predicted molar refractivity (Wildman–Crippen MR) is 61.1 cm³/mol. The lowest BCUT2D eigenvalue weighted by Gasteiger charge is -2.02. The van der Waals surface area contributed by atoms with Gasteiger partial charge < -0.3 is 10.1 Å². The number of nitrogens with zero attached hydrogens (tertiary/aromatic N) is 2. The van der Waals surface area contributed by atoms with Crippen LogP contribution < -0.4 is 0 Å². The van der Waals surface area contributed by atoms with Crippen molar-refractivity contribution in [3.63, 3.8) is 0 Å². The first-order chi connectivity index (χ1) is 7.68. The Morgan fingerprint density at radius 1 is 1.12 bits per heavy atom. The highest BCUT2D eigenvalue weighted by Gasteiger charge is 2.16. The molecule has 16 heavy (non-hydrogen) atoms. The molecule has 0 atom stereocenters. The second-order valence-electron chi connectivity index (χ2n) is 3.45. The summed E-state index contributed by atoms with van der Waals surface area (Å²) >= 11 is 0. The highest BCUT2D eigenvalue weighted by atomic mass is 16.6. The van der Waals surface area contributed by atoms with Crippen LogP contribution in [0.25, 0.3) is 11.1 Å². The molecule has 0 amide bonds. The lowest BCUT2D eigenvalue weighted by atomic mass is 10.1. The third-order valence-electron chi connectivity index (χ3n) is 2.27. The Labute approximate surface area is 92.7 Å². The van der Waals surface area contributed by atoms with E-state index >= 15 is 0 Å². The van der Waals surface area contributed by atoms with E-state index in [1.54, 1.807) is 19.1 Å². The van der Waals surface area contributed by atoms with Gasteiger partial charge in [-0.05, 0) is 27.6 Å². The van der Waals surface area contributed by atoms with E-state index in [-0.39, 0.29) is 5.82 Å². The summed E-state index contributed by atoms with van der Waals surface area (Å²) in [7, 11) is 0. The molecule has 80 valence electrons. The smallest absolute Gasteiger partial charge is 0.358 e. The summed E-state index contributed by atoms with van der Waals surface area (Å²) in [5.41, 5.74) is 2.00. The Morgan fingerprint density at radius 2 is 1.81 bits per heavy atom. The standard InChI is InChI=1S/C12H10N2O2/c1-9-7-8-11(12(13-9)14(15)16)10-5-3-2-4-6-10/h2-8H,1H3. The zero-order chi connectivity index (χ0) is 11.5. The molecule has 0 spiro atoms. The first kappa shape index (κ1) is 10.3. The van der Waals surface area contributed by atoms with Crippen LogP contribution in [-0.2, 0) is 0 Å². The molecule has 0 aliphatic carbocycles. The Hall–Kier alpha value is -2.23. The molecular formula is C12H10N2O2. The van der Waals surface area contributed by atoms with Gasteiger partial charge in [0.2, 0.25) is 0 Å². The maximum Gasteiger partial charge on any atom is 0.371 e. The minimum absolute atomic E-state index is 0.0915. The number of hydrogen-bond acceptors (Lipinski definition) is 3. The summed E-state index contributed by atoms with van der Waals surface area (Å²) in [6.45, 7) is 1.74. The molecule has 0 radical (unpaired) electrons. The van der Waals surface area contributed by atoms with Crippen LogP contribution in [0.4, 0.5) is 5.82 Å². The van der Waals surface area contributed by atoms with Gasteiger partial charge in [0.25, 0.3) is 0 Å². The monoisotopic (exact) mass is 214 g/mol. The van der Waals surface area contributed by atoms with Crippen molar-refractivity contribution >= 4 is 5.82 Å². The van der Waals surface area contributed by atoms with Gasteiger partial charge in [0.15, 0.2) is 0 Å². The van der Waals surface area contributed by atoms with Crippen LogP contribution in [0.2, 0.25) is 0 Å². The third kappa shape index (κ3) is 1.91. The van der Waals surface area contributed by atoms with E-state index in [1.807, 2.05) is 30.3 Å².